The first kappa shape index (κ1) is 11.4. The Hall–Kier alpha value is -0.670. The molecule has 1 aromatic heterocycles. The van der Waals surface area contributed by atoms with Gasteiger partial charge in [-0.3, -0.25) is 4.79 Å². The van der Waals surface area contributed by atoms with Crippen molar-refractivity contribution in [1.29, 1.82) is 0 Å². The zero-order valence-corrected chi connectivity index (χ0v) is 9.56. The molecular weight excluding hydrogens is 194 g/mol. The van der Waals surface area contributed by atoms with E-state index in [1.165, 1.54) is 4.88 Å². The predicted octanol–water partition coefficient (Wildman–Crippen LogP) is 2.61. The van der Waals surface area contributed by atoms with Gasteiger partial charge in [0, 0.05) is 21.7 Å². The maximum Gasteiger partial charge on any atom is 0.166 e. The molecule has 0 fully saturated rings. The molecule has 0 spiro atoms. The Labute approximate surface area is 89.1 Å². The van der Waals surface area contributed by atoms with Crippen LogP contribution in [0.1, 0.15) is 35.0 Å². The summed E-state index contributed by atoms with van der Waals surface area (Å²) in [5.74, 6) is 0.357. The van der Waals surface area contributed by atoms with Gasteiger partial charge in [-0.05, 0) is 32.4 Å². The summed E-state index contributed by atoms with van der Waals surface area (Å²) in [5, 5.41) is 1.94. The first-order chi connectivity index (χ1) is 6.65. The molecule has 1 atom stereocenters. The number of hydrogen-bond acceptors (Lipinski definition) is 3. The lowest BCUT2D eigenvalue weighted by Crippen LogP contribution is -2.12. The molecule has 0 amide bonds. The van der Waals surface area contributed by atoms with Gasteiger partial charge in [-0.1, -0.05) is 6.92 Å². The van der Waals surface area contributed by atoms with Gasteiger partial charge in [0.05, 0.1) is 0 Å². The molecule has 0 radical (unpaired) electrons. The molecule has 1 aromatic rings. The molecule has 14 heavy (non-hydrogen) atoms. The topological polar surface area (TPSA) is 43.1 Å². The molecule has 0 aromatic carbocycles. The molecule has 1 heterocycles. The predicted molar refractivity (Wildman–Crippen MR) is 60.8 cm³/mol. The zero-order chi connectivity index (χ0) is 10.6. The van der Waals surface area contributed by atoms with Crippen molar-refractivity contribution >= 4 is 17.1 Å². The number of carbonyl (C=O) groups excluding carboxylic acids is 1. The van der Waals surface area contributed by atoms with Crippen LogP contribution in [0.2, 0.25) is 0 Å². The van der Waals surface area contributed by atoms with Gasteiger partial charge in [0.15, 0.2) is 5.78 Å². The Morgan fingerprint density at radius 2 is 2.36 bits per heavy atom. The van der Waals surface area contributed by atoms with Crippen LogP contribution in [0.25, 0.3) is 0 Å². The zero-order valence-electron chi connectivity index (χ0n) is 8.75. The number of hydrogen-bond donors (Lipinski definition) is 1. The van der Waals surface area contributed by atoms with Crippen LogP contribution < -0.4 is 5.73 Å². The van der Waals surface area contributed by atoms with Gasteiger partial charge in [0.25, 0.3) is 0 Å². The van der Waals surface area contributed by atoms with Gasteiger partial charge in [-0.2, -0.15) is 0 Å². The number of nitrogens with two attached hydrogens (primary N) is 1. The fourth-order valence-corrected chi connectivity index (χ4v) is 2.10. The largest absolute Gasteiger partial charge is 0.330 e. The maximum atomic E-state index is 11.8. The number of ketones is 1. The molecule has 0 saturated heterocycles. The van der Waals surface area contributed by atoms with E-state index in [2.05, 4.69) is 0 Å². The summed E-state index contributed by atoms with van der Waals surface area (Å²) in [4.78, 5) is 13.0. The Balaban J connectivity index is 2.56. The third-order valence-electron chi connectivity index (χ3n) is 2.30. The molecule has 1 rings (SSSR count). The minimum Gasteiger partial charge on any atom is -0.330 e. The van der Waals surface area contributed by atoms with Crippen molar-refractivity contribution in [3.8, 4) is 0 Å². The Kier molecular flexibility index (Phi) is 4.29. The van der Waals surface area contributed by atoms with E-state index < -0.39 is 0 Å². The molecule has 2 nitrogen and oxygen atoms in total. The lowest BCUT2D eigenvalue weighted by molar-refractivity contribution is 0.0923. The quantitative estimate of drug-likeness (QED) is 0.761. The van der Waals surface area contributed by atoms with Crippen LogP contribution in [0.4, 0.5) is 0 Å². The summed E-state index contributed by atoms with van der Waals surface area (Å²) in [5.41, 5.74) is 6.27. The smallest absolute Gasteiger partial charge is 0.166 e. The number of carbonyl (C=O) groups is 1. The van der Waals surface area contributed by atoms with Crippen LogP contribution >= 0.6 is 11.3 Å². The van der Waals surface area contributed by atoms with Crippen molar-refractivity contribution < 1.29 is 4.79 Å². The normalized spacial score (nSPS) is 12.8. The van der Waals surface area contributed by atoms with Gasteiger partial charge < -0.3 is 5.73 Å². The molecule has 0 aliphatic rings. The van der Waals surface area contributed by atoms with E-state index in [1.807, 2.05) is 25.3 Å². The molecule has 0 saturated carbocycles. The van der Waals surface area contributed by atoms with Crippen molar-refractivity contribution in [3.05, 3.63) is 21.9 Å². The summed E-state index contributed by atoms with van der Waals surface area (Å²) in [6.45, 7) is 4.66. The lowest BCUT2D eigenvalue weighted by Gasteiger charge is -2.07. The van der Waals surface area contributed by atoms with Gasteiger partial charge >= 0.3 is 0 Å². The Bertz CT molecular complexity index is 306. The van der Waals surface area contributed by atoms with E-state index in [-0.39, 0.29) is 11.7 Å². The average Bonchev–Trinajstić information content (AvgIpc) is 2.60. The fourth-order valence-electron chi connectivity index (χ4n) is 1.41. The first-order valence-corrected chi connectivity index (χ1v) is 5.82. The van der Waals surface area contributed by atoms with Crippen molar-refractivity contribution in [3.63, 3.8) is 0 Å². The second kappa shape index (κ2) is 5.27. The second-order valence-corrected chi connectivity index (χ2v) is 4.76. The van der Waals surface area contributed by atoms with Crippen LogP contribution in [0.5, 0.6) is 0 Å². The van der Waals surface area contributed by atoms with Crippen molar-refractivity contribution in [2.45, 2.75) is 26.7 Å². The lowest BCUT2D eigenvalue weighted by atomic mass is 9.96. The van der Waals surface area contributed by atoms with E-state index >= 15 is 0 Å². The minimum absolute atomic E-state index is 0.104. The third kappa shape index (κ3) is 2.93. The summed E-state index contributed by atoms with van der Waals surface area (Å²) >= 11 is 1.63. The van der Waals surface area contributed by atoms with Gasteiger partial charge in [-0.25, -0.2) is 0 Å². The first-order valence-electron chi connectivity index (χ1n) is 4.94. The van der Waals surface area contributed by atoms with E-state index in [1.54, 1.807) is 11.3 Å². The highest BCUT2D eigenvalue weighted by molar-refractivity contribution is 7.10. The second-order valence-electron chi connectivity index (χ2n) is 3.64. The van der Waals surface area contributed by atoms with Crippen molar-refractivity contribution in [2.24, 2.45) is 11.7 Å². The molecule has 0 aliphatic carbocycles. The number of rotatable bonds is 5. The average molecular weight is 211 g/mol. The molecular formula is C11H17NOS. The van der Waals surface area contributed by atoms with E-state index in [4.69, 9.17) is 5.73 Å². The maximum absolute atomic E-state index is 11.8. The molecule has 0 bridgehead atoms. The standard InChI is InChI=1S/C11H17NOS/c1-8(4-3-5-12)11(13)10-6-9(2)14-7-10/h6-8H,3-5,12H2,1-2H3. The molecule has 0 aliphatic heterocycles. The van der Waals surface area contributed by atoms with E-state index in [0.29, 0.717) is 6.54 Å². The van der Waals surface area contributed by atoms with E-state index in [9.17, 15) is 4.79 Å². The molecule has 78 valence electrons. The van der Waals surface area contributed by atoms with Crippen molar-refractivity contribution in [1.82, 2.24) is 0 Å². The Morgan fingerprint density at radius 1 is 1.64 bits per heavy atom. The Morgan fingerprint density at radius 3 is 2.86 bits per heavy atom. The summed E-state index contributed by atoms with van der Waals surface area (Å²) in [7, 11) is 0. The number of Topliss-reactive ketones (excluding diaryl/α,β-unsaturated/α-hetero) is 1. The van der Waals surface area contributed by atoms with Crippen LogP contribution in [0.15, 0.2) is 11.4 Å². The third-order valence-corrected chi connectivity index (χ3v) is 3.17. The molecule has 3 heteroatoms. The highest BCUT2D eigenvalue weighted by Crippen LogP contribution is 2.19. The number of aryl methyl sites for hydroxylation is 1. The van der Waals surface area contributed by atoms with Gasteiger partial charge in [0.1, 0.15) is 0 Å². The van der Waals surface area contributed by atoms with Crippen LogP contribution in [0, 0.1) is 12.8 Å². The van der Waals surface area contributed by atoms with Crippen LogP contribution in [0.3, 0.4) is 0 Å². The van der Waals surface area contributed by atoms with Crippen molar-refractivity contribution in [2.75, 3.05) is 6.54 Å². The summed E-state index contributed by atoms with van der Waals surface area (Å²) < 4.78 is 0. The number of thiophene rings is 1. The van der Waals surface area contributed by atoms with Crippen LogP contribution in [-0.2, 0) is 0 Å². The highest BCUT2D eigenvalue weighted by Gasteiger charge is 2.15. The van der Waals surface area contributed by atoms with Gasteiger partial charge in [-0.15, -0.1) is 11.3 Å². The van der Waals surface area contributed by atoms with Crippen LogP contribution in [-0.4, -0.2) is 12.3 Å². The monoisotopic (exact) mass is 211 g/mol. The molecule has 2 N–H and O–H groups in total. The molecule has 1 unspecified atom stereocenters. The van der Waals surface area contributed by atoms with E-state index in [0.717, 1.165) is 18.4 Å². The summed E-state index contributed by atoms with van der Waals surface area (Å²) in [6.07, 6.45) is 1.82. The fraction of sp³-hybridized carbons (Fsp3) is 0.545. The minimum atomic E-state index is 0.104. The van der Waals surface area contributed by atoms with Gasteiger partial charge in [0.2, 0.25) is 0 Å². The SMILES string of the molecule is Cc1cc(C(=O)C(C)CCCN)cs1. The highest BCUT2D eigenvalue weighted by atomic mass is 32.1. The summed E-state index contributed by atoms with van der Waals surface area (Å²) in [6, 6.07) is 1.96.